The molecule has 2 aliphatic rings. The van der Waals surface area contributed by atoms with E-state index in [0.29, 0.717) is 6.54 Å². The molecule has 31 heavy (non-hydrogen) atoms. The van der Waals surface area contributed by atoms with Crippen LogP contribution in [0.25, 0.3) is 5.69 Å². The number of piperazine rings is 1. The van der Waals surface area contributed by atoms with Crippen LogP contribution >= 0.6 is 11.8 Å². The number of likely N-dealkylation sites (N-methyl/N-ethyl adjacent to an activating group) is 1. The lowest BCUT2D eigenvalue weighted by Gasteiger charge is -2.32. The summed E-state index contributed by atoms with van der Waals surface area (Å²) in [4.78, 5) is 19.3. The topological polar surface area (TPSA) is 46.3 Å². The first-order chi connectivity index (χ1) is 15.2. The molecule has 1 saturated heterocycles. The van der Waals surface area contributed by atoms with E-state index in [-0.39, 0.29) is 10.9 Å². The van der Waals surface area contributed by atoms with Crippen LogP contribution in [0.5, 0.6) is 0 Å². The summed E-state index contributed by atoms with van der Waals surface area (Å²) in [7, 11) is 2.17. The Balaban J connectivity index is 1.39. The molecule has 0 aliphatic carbocycles. The fraction of sp³-hybridized carbons (Fsp3) is 0.417. The monoisotopic (exact) mass is 435 g/mol. The Morgan fingerprint density at radius 3 is 2.52 bits per heavy atom. The van der Waals surface area contributed by atoms with Crippen LogP contribution in [-0.4, -0.2) is 63.9 Å². The van der Waals surface area contributed by atoms with Gasteiger partial charge in [-0.15, -0.1) is 11.8 Å². The molecule has 1 atom stereocenters. The van der Waals surface area contributed by atoms with Gasteiger partial charge < -0.3 is 9.80 Å². The predicted octanol–water partition coefficient (Wildman–Crippen LogP) is 3.06. The first-order valence-corrected chi connectivity index (χ1v) is 12.0. The molecule has 6 nitrogen and oxygen atoms in total. The highest BCUT2D eigenvalue weighted by atomic mass is 32.2. The molecule has 3 aromatic rings. The van der Waals surface area contributed by atoms with Crippen molar-refractivity contribution >= 4 is 11.8 Å². The standard InChI is InChI=1S/C24H29N5OS/c1-26-14-16-27(17-15-26)12-7-13-28-24(30)29-20-10-5-6-11-21(20)31-22(18-23(29)25-28)19-8-3-2-4-9-19/h2-6,8-11,22H,7,12-18H2,1H3. The van der Waals surface area contributed by atoms with Crippen LogP contribution in [0.15, 0.2) is 64.3 Å². The van der Waals surface area contributed by atoms with E-state index in [1.807, 2.05) is 40.6 Å². The molecule has 1 aromatic heterocycles. The molecule has 0 radical (unpaired) electrons. The number of benzene rings is 2. The Hall–Kier alpha value is -2.35. The lowest BCUT2D eigenvalue weighted by atomic mass is 10.1. The minimum absolute atomic E-state index is 0.0184. The number of aromatic nitrogens is 3. The zero-order valence-electron chi connectivity index (χ0n) is 18.0. The van der Waals surface area contributed by atoms with Gasteiger partial charge >= 0.3 is 5.69 Å². The van der Waals surface area contributed by atoms with Crippen LogP contribution in [0.3, 0.4) is 0 Å². The van der Waals surface area contributed by atoms with Crippen LogP contribution in [0, 0.1) is 0 Å². The van der Waals surface area contributed by atoms with Crippen molar-refractivity contribution in [2.75, 3.05) is 39.8 Å². The van der Waals surface area contributed by atoms with Gasteiger partial charge in [0.05, 0.1) is 5.69 Å². The zero-order valence-corrected chi connectivity index (χ0v) is 18.8. The summed E-state index contributed by atoms with van der Waals surface area (Å²) < 4.78 is 3.52. The minimum atomic E-state index is -0.0184. The molecular weight excluding hydrogens is 406 g/mol. The Kier molecular flexibility index (Phi) is 5.98. The first-order valence-electron chi connectivity index (χ1n) is 11.1. The van der Waals surface area contributed by atoms with Gasteiger partial charge in [-0.1, -0.05) is 42.5 Å². The summed E-state index contributed by atoms with van der Waals surface area (Å²) in [5.41, 5.74) is 2.21. The van der Waals surface area contributed by atoms with Crippen LogP contribution in [0.2, 0.25) is 0 Å². The third-order valence-electron chi connectivity index (χ3n) is 6.26. The Bertz CT molecular complexity index is 1080. The maximum Gasteiger partial charge on any atom is 0.350 e. The molecule has 0 bridgehead atoms. The van der Waals surface area contributed by atoms with Crippen molar-refractivity contribution in [3.05, 3.63) is 76.5 Å². The lowest BCUT2D eigenvalue weighted by Crippen LogP contribution is -2.44. The Morgan fingerprint density at radius 2 is 1.71 bits per heavy atom. The Morgan fingerprint density at radius 1 is 0.968 bits per heavy atom. The number of para-hydroxylation sites is 1. The van der Waals surface area contributed by atoms with Gasteiger partial charge in [-0.3, -0.25) is 0 Å². The van der Waals surface area contributed by atoms with Crippen molar-refractivity contribution in [3.8, 4) is 5.69 Å². The number of hydrogen-bond acceptors (Lipinski definition) is 5. The second-order valence-corrected chi connectivity index (χ2v) is 9.69. The largest absolute Gasteiger partial charge is 0.350 e. The number of rotatable bonds is 5. The summed E-state index contributed by atoms with van der Waals surface area (Å²) in [5, 5.41) is 5.05. The average Bonchev–Trinajstić information content (AvgIpc) is 3.00. The summed E-state index contributed by atoms with van der Waals surface area (Å²) in [6, 6.07) is 18.7. The number of aryl methyl sites for hydroxylation is 1. The minimum Gasteiger partial charge on any atom is -0.304 e. The SMILES string of the molecule is CN1CCN(CCCn2nc3n(c2=O)-c2ccccc2SC(c2ccccc2)C3)CC1. The van der Waals surface area contributed by atoms with Gasteiger partial charge in [0.1, 0.15) is 5.82 Å². The molecule has 0 N–H and O–H groups in total. The van der Waals surface area contributed by atoms with Crippen molar-refractivity contribution in [2.24, 2.45) is 0 Å². The van der Waals surface area contributed by atoms with E-state index >= 15 is 0 Å². The van der Waals surface area contributed by atoms with Gasteiger partial charge in [0.15, 0.2) is 0 Å². The summed E-state index contributed by atoms with van der Waals surface area (Å²) in [6.45, 7) is 6.13. The first kappa shape index (κ1) is 20.5. The van der Waals surface area contributed by atoms with E-state index in [0.717, 1.165) is 62.0 Å². The third-order valence-corrected chi connectivity index (χ3v) is 7.58. The van der Waals surface area contributed by atoms with E-state index in [9.17, 15) is 4.79 Å². The number of thioether (sulfide) groups is 1. The average molecular weight is 436 g/mol. The van der Waals surface area contributed by atoms with Crippen molar-refractivity contribution in [2.45, 2.75) is 29.5 Å². The molecule has 0 amide bonds. The third kappa shape index (κ3) is 4.35. The predicted molar refractivity (Wildman–Crippen MR) is 125 cm³/mol. The molecule has 0 saturated carbocycles. The molecule has 7 heteroatoms. The van der Waals surface area contributed by atoms with E-state index in [4.69, 9.17) is 5.10 Å². The second kappa shape index (κ2) is 9.02. The summed E-state index contributed by atoms with van der Waals surface area (Å²) in [5.74, 6) is 0.857. The van der Waals surface area contributed by atoms with Crippen LogP contribution in [0.4, 0.5) is 0 Å². The van der Waals surface area contributed by atoms with E-state index in [1.54, 1.807) is 4.68 Å². The molecule has 1 fully saturated rings. The maximum atomic E-state index is 13.3. The summed E-state index contributed by atoms with van der Waals surface area (Å²) >= 11 is 1.82. The molecule has 3 heterocycles. The highest BCUT2D eigenvalue weighted by Gasteiger charge is 2.27. The van der Waals surface area contributed by atoms with Gasteiger partial charge in [-0.25, -0.2) is 14.0 Å². The molecule has 2 aliphatic heterocycles. The maximum absolute atomic E-state index is 13.3. The van der Waals surface area contributed by atoms with Gasteiger partial charge in [0, 0.05) is 55.8 Å². The highest BCUT2D eigenvalue weighted by molar-refractivity contribution is 7.99. The van der Waals surface area contributed by atoms with Gasteiger partial charge in [0.25, 0.3) is 0 Å². The van der Waals surface area contributed by atoms with Crippen molar-refractivity contribution in [1.82, 2.24) is 24.1 Å². The molecule has 5 rings (SSSR count). The normalized spacial score (nSPS) is 19.6. The number of hydrogen-bond donors (Lipinski definition) is 0. The summed E-state index contributed by atoms with van der Waals surface area (Å²) in [6.07, 6.45) is 1.68. The number of fused-ring (bicyclic) bond motifs is 3. The highest BCUT2D eigenvalue weighted by Crippen LogP contribution is 2.42. The van der Waals surface area contributed by atoms with Crippen LogP contribution < -0.4 is 5.69 Å². The van der Waals surface area contributed by atoms with Gasteiger partial charge in [-0.2, -0.15) is 5.10 Å². The zero-order chi connectivity index (χ0) is 21.2. The smallest absolute Gasteiger partial charge is 0.304 e. The van der Waals surface area contributed by atoms with E-state index < -0.39 is 0 Å². The second-order valence-electron chi connectivity index (χ2n) is 8.44. The fourth-order valence-electron chi connectivity index (χ4n) is 4.44. The van der Waals surface area contributed by atoms with Gasteiger partial charge in [0.2, 0.25) is 0 Å². The van der Waals surface area contributed by atoms with Crippen LogP contribution in [-0.2, 0) is 13.0 Å². The molecule has 2 aromatic carbocycles. The fourth-order valence-corrected chi connectivity index (χ4v) is 5.71. The molecular formula is C24H29N5OS. The molecule has 162 valence electrons. The van der Waals surface area contributed by atoms with Crippen molar-refractivity contribution < 1.29 is 0 Å². The van der Waals surface area contributed by atoms with E-state index in [1.165, 1.54) is 5.56 Å². The van der Waals surface area contributed by atoms with Gasteiger partial charge in [-0.05, 0) is 31.2 Å². The number of nitrogens with zero attached hydrogens (tertiary/aromatic N) is 5. The van der Waals surface area contributed by atoms with E-state index in [2.05, 4.69) is 47.2 Å². The molecule has 1 unspecified atom stereocenters. The van der Waals surface area contributed by atoms with Crippen LogP contribution in [0.1, 0.15) is 23.1 Å². The van der Waals surface area contributed by atoms with Crippen molar-refractivity contribution in [3.63, 3.8) is 0 Å². The van der Waals surface area contributed by atoms with Crippen molar-refractivity contribution in [1.29, 1.82) is 0 Å². The lowest BCUT2D eigenvalue weighted by molar-refractivity contribution is 0.150. The molecule has 0 spiro atoms. The Labute approximate surface area is 187 Å². The quantitative estimate of drug-likeness (QED) is 0.616.